The summed E-state index contributed by atoms with van der Waals surface area (Å²) in [6.07, 6.45) is -9.36. The fourth-order valence-corrected chi connectivity index (χ4v) is 2.44. The van der Waals surface area contributed by atoms with Gasteiger partial charge in [0.15, 0.2) is 0 Å². The highest BCUT2D eigenvalue weighted by Gasteiger charge is 2.37. The molecule has 0 aliphatic heterocycles. The van der Waals surface area contributed by atoms with Crippen molar-refractivity contribution in [2.24, 2.45) is 17.6 Å². The van der Waals surface area contributed by atoms with Gasteiger partial charge < -0.3 is 10.5 Å². The van der Waals surface area contributed by atoms with Crippen molar-refractivity contribution in [2.75, 3.05) is 6.61 Å². The summed E-state index contributed by atoms with van der Waals surface area (Å²) in [4.78, 5) is 12.0. The zero-order chi connectivity index (χ0) is 21.0. The number of ketones is 1. The first-order valence-electron chi connectivity index (χ1n) is 8.40. The van der Waals surface area contributed by atoms with E-state index in [4.69, 9.17) is 10.5 Å². The summed E-state index contributed by atoms with van der Waals surface area (Å²) in [5.74, 6) is -0.969. The molecule has 1 aromatic carbocycles. The molecular weight excluding hydrogens is 376 g/mol. The zero-order valence-corrected chi connectivity index (χ0v) is 15.2. The Morgan fingerprint density at radius 1 is 1.00 bits per heavy atom. The number of hydrogen-bond donors (Lipinski definition) is 1. The van der Waals surface area contributed by atoms with E-state index < -0.39 is 41.2 Å². The Kier molecular flexibility index (Phi) is 7.71. The summed E-state index contributed by atoms with van der Waals surface area (Å²) in [6.45, 7) is 5.22. The molecule has 9 heteroatoms. The molecule has 27 heavy (non-hydrogen) atoms. The van der Waals surface area contributed by atoms with Gasteiger partial charge in [-0.3, -0.25) is 4.79 Å². The van der Waals surface area contributed by atoms with Crippen molar-refractivity contribution in [3.8, 4) is 5.75 Å². The van der Waals surface area contributed by atoms with E-state index in [0.717, 1.165) is 0 Å². The molecule has 1 unspecified atom stereocenters. The maximum Gasteiger partial charge on any atom is 0.416 e. The van der Waals surface area contributed by atoms with Gasteiger partial charge in [-0.15, -0.1) is 0 Å². The fourth-order valence-electron chi connectivity index (χ4n) is 2.44. The predicted octanol–water partition coefficient (Wildman–Crippen LogP) is 5.07. The lowest BCUT2D eigenvalue weighted by atomic mass is 9.95. The van der Waals surface area contributed by atoms with Crippen LogP contribution in [0.4, 0.5) is 26.3 Å². The first kappa shape index (κ1) is 23.3. The van der Waals surface area contributed by atoms with Crippen LogP contribution in [0.25, 0.3) is 0 Å². The molecule has 0 saturated carbocycles. The molecule has 0 bridgehead atoms. The lowest BCUT2D eigenvalue weighted by Gasteiger charge is -2.18. The highest BCUT2D eigenvalue weighted by Crippen LogP contribution is 2.38. The Hall–Kier alpha value is -1.77. The van der Waals surface area contributed by atoms with Gasteiger partial charge in [-0.1, -0.05) is 20.8 Å². The molecule has 0 fully saturated rings. The smallest absolute Gasteiger partial charge is 0.416 e. The number of rotatable bonds is 8. The monoisotopic (exact) mass is 399 g/mol. The average Bonchev–Trinajstić information content (AvgIpc) is 2.50. The number of benzene rings is 1. The molecule has 0 aliphatic carbocycles. The van der Waals surface area contributed by atoms with Crippen molar-refractivity contribution < 1.29 is 35.9 Å². The van der Waals surface area contributed by atoms with E-state index in [9.17, 15) is 31.1 Å². The summed E-state index contributed by atoms with van der Waals surface area (Å²) in [5.41, 5.74) is 2.87. The number of alkyl halides is 6. The van der Waals surface area contributed by atoms with E-state index in [-0.39, 0.29) is 30.8 Å². The molecule has 0 amide bonds. The minimum atomic E-state index is -4.94. The van der Waals surface area contributed by atoms with Crippen LogP contribution in [-0.2, 0) is 17.1 Å². The molecule has 0 aromatic heterocycles. The Labute approximate surface area is 153 Å². The third kappa shape index (κ3) is 7.78. The molecule has 2 atom stereocenters. The Morgan fingerprint density at radius 3 is 1.89 bits per heavy atom. The van der Waals surface area contributed by atoms with E-state index in [1.54, 1.807) is 6.92 Å². The van der Waals surface area contributed by atoms with Gasteiger partial charge >= 0.3 is 12.4 Å². The van der Waals surface area contributed by atoms with Crippen molar-refractivity contribution in [3.63, 3.8) is 0 Å². The van der Waals surface area contributed by atoms with E-state index in [2.05, 4.69) is 0 Å². The van der Waals surface area contributed by atoms with Crippen molar-refractivity contribution in [1.82, 2.24) is 0 Å². The van der Waals surface area contributed by atoms with E-state index in [0.29, 0.717) is 18.6 Å². The maximum absolute atomic E-state index is 12.8. The molecule has 0 spiro atoms. The minimum absolute atomic E-state index is 0.0268. The zero-order valence-electron chi connectivity index (χ0n) is 15.2. The second-order valence-electron chi connectivity index (χ2n) is 7.06. The average molecular weight is 399 g/mol. The predicted molar refractivity (Wildman–Crippen MR) is 88.2 cm³/mol. The summed E-state index contributed by atoms with van der Waals surface area (Å²) in [7, 11) is 0. The molecule has 154 valence electrons. The lowest BCUT2D eigenvalue weighted by molar-refractivity contribution is -0.143. The second-order valence-corrected chi connectivity index (χ2v) is 7.06. The molecule has 3 nitrogen and oxygen atoms in total. The highest BCUT2D eigenvalue weighted by atomic mass is 19.4. The van der Waals surface area contributed by atoms with Crippen LogP contribution in [0.1, 0.15) is 44.7 Å². The van der Waals surface area contributed by atoms with Gasteiger partial charge in [0.05, 0.1) is 23.8 Å². The van der Waals surface area contributed by atoms with Gasteiger partial charge in [-0.25, -0.2) is 0 Å². The molecule has 0 saturated heterocycles. The first-order chi connectivity index (χ1) is 12.2. The Bertz CT molecular complexity index is 607. The Balaban J connectivity index is 2.82. The van der Waals surface area contributed by atoms with Crippen molar-refractivity contribution in [3.05, 3.63) is 29.3 Å². The number of hydrogen-bond acceptors (Lipinski definition) is 3. The number of carbonyl (C=O) groups is 1. The summed E-state index contributed by atoms with van der Waals surface area (Å²) >= 11 is 0. The third-order valence-corrected chi connectivity index (χ3v) is 3.78. The van der Waals surface area contributed by atoms with Crippen LogP contribution in [0, 0.1) is 11.8 Å². The third-order valence-electron chi connectivity index (χ3n) is 3.78. The lowest BCUT2D eigenvalue weighted by Crippen LogP contribution is -2.33. The minimum Gasteiger partial charge on any atom is -0.493 e. The number of nitrogens with two attached hydrogens (primary N) is 1. The van der Waals surface area contributed by atoms with Gasteiger partial charge in [0.25, 0.3) is 0 Å². The van der Waals surface area contributed by atoms with Gasteiger partial charge in [-0.05, 0) is 36.5 Å². The molecule has 2 N–H and O–H groups in total. The van der Waals surface area contributed by atoms with E-state index in [1.807, 2.05) is 13.8 Å². The molecule has 1 aromatic rings. The highest BCUT2D eigenvalue weighted by molar-refractivity contribution is 5.83. The topological polar surface area (TPSA) is 52.3 Å². The summed E-state index contributed by atoms with van der Waals surface area (Å²) in [5, 5.41) is 0. The standard InChI is InChI=1S/C18H23F6NO2/c1-10(2)4-15(25)16(26)5-11(3)9-27-14-7-12(17(19,20)21)6-13(8-14)18(22,23)24/h6-8,10-11,15H,4-5,9,25H2,1-3H3/t11-,15?/m1/s1. The van der Waals surface area contributed by atoms with Crippen LogP contribution in [0.3, 0.4) is 0 Å². The number of halogens is 6. The largest absolute Gasteiger partial charge is 0.493 e. The first-order valence-corrected chi connectivity index (χ1v) is 8.40. The molecule has 1 rings (SSSR count). The van der Waals surface area contributed by atoms with Crippen LogP contribution in [-0.4, -0.2) is 18.4 Å². The van der Waals surface area contributed by atoms with Gasteiger partial charge in [0.1, 0.15) is 11.5 Å². The van der Waals surface area contributed by atoms with Gasteiger partial charge in [0.2, 0.25) is 0 Å². The van der Waals surface area contributed by atoms with Crippen molar-refractivity contribution >= 4 is 5.78 Å². The van der Waals surface area contributed by atoms with Crippen LogP contribution in [0.5, 0.6) is 5.75 Å². The van der Waals surface area contributed by atoms with Crippen LogP contribution < -0.4 is 10.5 Å². The number of ether oxygens (including phenoxy) is 1. The number of carbonyl (C=O) groups excluding carboxylic acids is 1. The fraction of sp³-hybridized carbons (Fsp3) is 0.611. The van der Waals surface area contributed by atoms with Crippen molar-refractivity contribution in [1.29, 1.82) is 0 Å². The number of Topliss-reactive ketones (excluding diaryl/α,β-unsaturated/α-hetero) is 1. The molecular formula is C18H23F6NO2. The van der Waals surface area contributed by atoms with E-state index in [1.165, 1.54) is 0 Å². The molecule has 0 radical (unpaired) electrons. The summed E-state index contributed by atoms with van der Waals surface area (Å²) in [6, 6.07) is 0.394. The quantitative estimate of drug-likeness (QED) is 0.621. The molecule has 0 heterocycles. The van der Waals surface area contributed by atoms with Crippen LogP contribution in [0.2, 0.25) is 0 Å². The second kappa shape index (κ2) is 8.95. The maximum atomic E-state index is 12.8. The van der Waals surface area contributed by atoms with Crippen LogP contribution >= 0.6 is 0 Å². The van der Waals surface area contributed by atoms with Gasteiger partial charge in [0, 0.05) is 6.42 Å². The normalized spacial score (nSPS) is 14.9. The van der Waals surface area contributed by atoms with Crippen molar-refractivity contribution in [2.45, 2.75) is 52.0 Å². The SMILES string of the molecule is CC(C)CC(N)C(=O)C[C@@H](C)COc1cc(C(F)(F)F)cc(C(F)(F)F)c1. The van der Waals surface area contributed by atoms with Crippen LogP contribution in [0.15, 0.2) is 18.2 Å². The summed E-state index contributed by atoms with van der Waals surface area (Å²) < 4.78 is 82.0. The van der Waals surface area contributed by atoms with E-state index >= 15 is 0 Å². The van der Waals surface area contributed by atoms with Gasteiger partial charge in [-0.2, -0.15) is 26.3 Å². The Morgan fingerprint density at radius 2 is 1.48 bits per heavy atom. The molecule has 0 aliphatic rings.